The van der Waals surface area contributed by atoms with E-state index in [1.165, 1.54) is 16.6 Å². The minimum absolute atomic E-state index is 0.164. The number of benzene rings is 1. The van der Waals surface area contributed by atoms with E-state index in [0.717, 1.165) is 17.9 Å². The summed E-state index contributed by atoms with van der Waals surface area (Å²) in [6.07, 6.45) is 1.21. The van der Waals surface area contributed by atoms with Gasteiger partial charge in [0, 0.05) is 37.1 Å². The Morgan fingerprint density at radius 1 is 1.17 bits per heavy atom. The monoisotopic (exact) mass is 327 g/mol. The number of rotatable bonds is 6. The number of imide groups is 1. The fraction of sp³-hybridized carbons (Fsp3) is 0.389. The first-order valence-corrected chi connectivity index (χ1v) is 8.21. The van der Waals surface area contributed by atoms with Crippen LogP contribution in [-0.2, 0) is 20.9 Å². The van der Waals surface area contributed by atoms with Gasteiger partial charge < -0.3 is 9.88 Å². The predicted octanol–water partition coefficient (Wildman–Crippen LogP) is 1.61. The molecule has 0 unspecified atom stereocenters. The van der Waals surface area contributed by atoms with Gasteiger partial charge in [-0.15, -0.1) is 0 Å². The lowest BCUT2D eigenvalue weighted by atomic mass is 10.2. The summed E-state index contributed by atoms with van der Waals surface area (Å²) in [6, 6.07) is 10.4. The summed E-state index contributed by atoms with van der Waals surface area (Å²) in [5.74, 6) is -0.804. The van der Waals surface area contributed by atoms with Crippen LogP contribution < -0.4 is 5.32 Å². The van der Waals surface area contributed by atoms with Crippen molar-refractivity contribution in [3.63, 3.8) is 0 Å². The summed E-state index contributed by atoms with van der Waals surface area (Å²) in [7, 11) is 0. The summed E-state index contributed by atoms with van der Waals surface area (Å²) in [6.45, 7) is 3.23. The van der Waals surface area contributed by atoms with Crippen molar-refractivity contribution < 1.29 is 14.4 Å². The first-order chi connectivity index (χ1) is 11.6. The van der Waals surface area contributed by atoms with Crippen LogP contribution in [0, 0.1) is 6.92 Å². The maximum atomic E-state index is 11.9. The van der Waals surface area contributed by atoms with Crippen molar-refractivity contribution in [2.24, 2.45) is 0 Å². The third-order valence-corrected chi connectivity index (χ3v) is 4.35. The largest absolute Gasteiger partial charge is 0.354 e. The molecule has 0 atom stereocenters. The highest BCUT2D eigenvalue weighted by Crippen LogP contribution is 2.19. The first-order valence-electron chi connectivity index (χ1n) is 8.21. The number of aryl methyl sites for hydroxylation is 2. The van der Waals surface area contributed by atoms with E-state index in [-0.39, 0.29) is 37.1 Å². The van der Waals surface area contributed by atoms with Crippen LogP contribution in [0.3, 0.4) is 0 Å². The van der Waals surface area contributed by atoms with Crippen molar-refractivity contribution in [2.75, 3.05) is 13.1 Å². The Bertz CT molecular complexity index is 778. The van der Waals surface area contributed by atoms with Crippen molar-refractivity contribution in [3.05, 3.63) is 36.0 Å². The highest BCUT2D eigenvalue weighted by atomic mass is 16.2. The summed E-state index contributed by atoms with van der Waals surface area (Å²) in [4.78, 5) is 35.9. The minimum atomic E-state index is -0.285. The Labute approximate surface area is 140 Å². The van der Waals surface area contributed by atoms with Gasteiger partial charge in [0.1, 0.15) is 6.54 Å². The third-order valence-electron chi connectivity index (χ3n) is 4.35. The molecule has 1 aromatic carbocycles. The van der Waals surface area contributed by atoms with Crippen molar-refractivity contribution in [2.45, 2.75) is 32.7 Å². The Hall–Kier alpha value is -2.63. The van der Waals surface area contributed by atoms with Crippen molar-refractivity contribution in [1.82, 2.24) is 14.8 Å². The van der Waals surface area contributed by atoms with E-state index in [1.807, 2.05) is 12.1 Å². The molecule has 0 radical (unpaired) electrons. The van der Waals surface area contributed by atoms with Gasteiger partial charge in [0.2, 0.25) is 17.7 Å². The van der Waals surface area contributed by atoms with E-state index >= 15 is 0 Å². The normalized spacial score (nSPS) is 14.6. The van der Waals surface area contributed by atoms with E-state index in [0.29, 0.717) is 6.54 Å². The molecule has 2 heterocycles. The molecule has 0 aliphatic carbocycles. The van der Waals surface area contributed by atoms with Crippen molar-refractivity contribution >= 4 is 28.6 Å². The van der Waals surface area contributed by atoms with Crippen molar-refractivity contribution in [1.29, 1.82) is 0 Å². The molecule has 1 aromatic heterocycles. The topological polar surface area (TPSA) is 71.4 Å². The molecule has 0 spiro atoms. The van der Waals surface area contributed by atoms with Gasteiger partial charge in [-0.25, -0.2) is 0 Å². The maximum Gasteiger partial charge on any atom is 0.240 e. The summed E-state index contributed by atoms with van der Waals surface area (Å²) >= 11 is 0. The molecule has 6 heteroatoms. The zero-order chi connectivity index (χ0) is 17.1. The second kappa shape index (κ2) is 6.86. The predicted molar refractivity (Wildman–Crippen MR) is 90.3 cm³/mol. The van der Waals surface area contributed by atoms with Gasteiger partial charge in [-0.3, -0.25) is 19.3 Å². The molecule has 24 heavy (non-hydrogen) atoms. The molecule has 0 bridgehead atoms. The van der Waals surface area contributed by atoms with E-state index in [2.05, 4.69) is 35.0 Å². The molecule has 1 aliphatic rings. The molecule has 3 rings (SSSR count). The minimum Gasteiger partial charge on any atom is -0.354 e. The highest BCUT2D eigenvalue weighted by Gasteiger charge is 2.30. The number of carbonyl (C=O) groups excluding carboxylic acids is 3. The van der Waals surface area contributed by atoms with Gasteiger partial charge >= 0.3 is 0 Å². The number of nitrogens with one attached hydrogen (secondary N) is 1. The van der Waals surface area contributed by atoms with E-state index in [9.17, 15) is 14.4 Å². The zero-order valence-electron chi connectivity index (χ0n) is 13.7. The van der Waals surface area contributed by atoms with E-state index < -0.39 is 0 Å². The average molecular weight is 327 g/mol. The van der Waals surface area contributed by atoms with Crippen LogP contribution in [0.15, 0.2) is 30.3 Å². The number of hydrogen-bond acceptors (Lipinski definition) is 3. The molecule has 126 valence electrons. The first kappa shape index (κ1) is 16.2. The Balaban J connectivity index is 1.48. The average Bonchev–Trinajstić information content (AvgIpc) is 3.05. The molecule has 0 saturated carbocycles. The molecule has 1 saturated heterocycles. The molecular formula is C18H21N3O3. The number of aromatic nitrogens is 1. The molecular weight excluding hydrogens is 306 g/mol. The van der Waals surface area contributed by atoms with Gasteiger partial charge in [-0.1, -0.05) is 18.2 Å². The number of likely N-dealkylation sites (tertiary alicyclic amines) is 1. The lowest BCUT2D eigenvalue weighted by molar-refractivity contribution is -0.142. The molecule has 1 N–H and O–H groups in total. The SMILES string of the molecule is Cc1cc2ccccc2n1CCCNC(=O)CN1C(=O)CCC1=O. The van der Waals surface area contributed by atoms with Crippen LogP contribution >= 0.6 is 0 Å². The fourth-order valence-corrected chi connectivity index (χ4v) is 3.11. The van der Waals surface area contributed by atoms with E-state index in [4.69, 9.17) is 0 Å². The summed E-state index contributed by atoms with van der Waals surface area (Å²) < 4.78 is 2.23. The number of fused-ring (bicyclic) bond motifs is 1. The van der Waals surface area contributed by atoms with Crippen LogP contribution in [0.1, 0.15) is 25.0 Å². The Morgan fingerprint density at radius 3 is 2.62 bits per heavy atom. The Kier molecular flexibility index (Phi) is 4.64. The number of para-hydroxylation sites is 1. The van der Waals surface area contributed by atoms with Gasteiger partial charge in [0.15, 0.2) is 0 Å². The second-order valence-electron chi connectivity index (χ2n) is 6.07. The van der Waals surface area contributed by atoms with Crippen LogP contribution in [0.4, 0.5) is 0 Å². The Morgan fingerprint density at radius 2 is 1.88 bits per heavy atom. The molecule has 6 nitrogen and oxygen atoms in total. The van der Waals surface area contributed by atoms with Gasteiger partial charge in [0.25, 0.3) is 0 Å². The van der Waals surface area contributed by atoms with Gasteiger partial charge in [-0.05, 0) is 30.9 Å². The standard InChI is InChI=1S/C18H21N3O3/c1-13-11-14-5-2-3-6-15(14)20(13)10-4-9-19-16(22)12-21-17(23)7-8-18(21)24/h2-3,5-6,11H,4,7-10,12H2,1H3,(H,19,22). The molecule has 1 aliphatic heterocycles. The van der Waals surface area contributed by atoms with Gasteiger partial charge in [-0.2, -0.15) is 0 Å². The highest BCUT2D eigenvalue weighted by molar-refractivity contribution is 6.04. The summed E-state index contributed by atoms with van der Waals surface area (Å²) in [5, 5.41) is 4.00. The lowest BCUT2D eigenvalue weighted by Gasteiger charge is -2.14. The number of amides is 3. The third kappa shape index (κ3) is 3.32. The molecule has 1 fully saturated rings. The number of carbonyl (C=O) groups is 3. The second-order valence-corrected chi connectivity index (χ2v) is 6.07. The van der Waals surface area contributed by atoms with Crippen LogP contribution in [0.5, 0.6) is 0 Å². The van der Waals surface area contributed by atoms with Crippen molar-refractivity contribution in [3.8, 4) is 0 Å². The smallest absolute Gasteiger partial charge is 0.240 e. The van der Waals surface area contributed by atoms with Gasteiger partial charge in [0.05, 0.1) is 0 Å². The molecule has 3 amide bonds. The number of hydrogen-bond donors (Lipinski definition) is 1. The summed E-state index contributed by atoms with van der Waals surface area (Å²) in [5.41, 5.74) is 2.38. The quantitative estimate of drug-likeness (QED) is 0.647. The lowest BCUT2D eigenvalue weighted by Crippen LogP contribution is -2.40. The maximum absolute atomic E-state index is 11.9. The van der Waals surface area contributed by atoms with Crippen LogP contribution in [0.25, 0.3) is 10.9 Å². The van der Waals surface area contributed by atoms with E-state index in [1.54, 1.807) is 0 Å². The number of nitrogens with zero attached hydrogens (tertiary/aromatic N) is 2. The zero-order valence-corrected chi connectivity index (χ0v) is 13.7. The molecule has 2 aromatic rings. The fourth-order valence-electron chi connectivity index (χ4n) is 3.11. The van der Waals surface area contributed by atoms with Crippen LogP contribution in [-0.4, -0.2) is 40.3 Å². The van der Waals surface area contributed by atoms with Crippen LogP contribution in [0.2, 0.25) is 0 Å².